The van der Waals surface area contributed by atoms with Crippen LogP contribution in [0.25, 0.3) is 0 Å². The summed E-state index contributed by atoms with van der Waals surface area (Å²) in [5.74, 6) is -0.347. The van der Waals surface area contributed by atoms with Crippen molar-refractivity contribution in [2.45, 2.75) is 26.7 Å². The molecular formula is C12H13Cl3O2. The normalized spacial score (nSPS) is 10.7. The van der Waals surface area contributed by atoms with Gasteiger partial charge in [-0.2, -0.15) is 0 Å². The molecule has 0 saturated heterocycles. The summed E-state index contributed by atoms with van der Waals surface area (Å²) in [4.78, 5) is 11.8. The molecule has 0 spiro atoms. The molecule has 0 unspecified atom stereocenters. The van der Waals surface area contributed by atoms with Gasteiger partial charge in [0.15, 0.2) is 5.75 Å². The zero-order valence-corrected chi connectivity index (χ0v) is 11.9. The largest absolute Gasteiger partial charge is 0.423 e. The van der Waals surface area contributed by atoms with Gasteiger partial charge in [0, 0.05) is 0 Å². The highest BCUT2D eigenvalue weighted by Crippen LogP contribution is 2.38. The Morgan fingerprint density at radius 1 is 1.18 bits per heavy atom. The lowest BCUT2D eigenvalue weighted by molar-refractivity contribution is -0.139. The third-order valence-electron chi connectivity index (χ3n) is 2.52. The molecule has 0 aromatic heterocycles. The van der Waals surface area contributed by atoms with Crippen molar-refractivity contribution in [1.82, 2.24) is 0 Å². The average molecular weight is 296 g/mol. The Morgan fingerprint density at radius 2 is 1.71 bits per heavy atom. The Bertz CT molecular complexity index is 414. The Kier molecular flexibility index (Phi) is 5.57. The molecule has 0 aliphatic carbocycles. The summed E-state index contributed by atoms with van der Waals surface area (Å²) in [5, 5.41) is 0.751. The van der Waals surface area contributed by atoms with Gasteiger partial charge in [-0.05, 0) is 25.0 Å². The summed E-state index contributed by atoms with van der Waals surface area (Å²) in [6, 6.07) is 3.10. The summed E-state index contributed by atoms with van der Waals surface area (Å²) in [6.45, 7) is 3.85. The molecule has 0 amide bonds. The van der Waals surface area contributed by atoms with E-state index in [1.54, 1.807) is 12.1 Å². The van der Waals surface area contributed by atoms with E-state index in [4.69, 9.17) is 39.5 Å². The molecule has 1 rings (SSSR count). The fourth-order valence-electron chi connectivity index (χ4n) is 1.41. The van der Waals surface area contributed by atoms with Crippen LogP contribution < -0.4 is 4.74 Å². The molecule has 17 heavy (non-hydrogen) atoms. The van der Waals surface area contributed by atoms with Crippen molar-refractivity contribution in [3.8, 4) is 5.75 Å². The second-order valence-electron chi connectivity index (χ2n) is 3.61. The fourth-order valence-corrected chi connectivity index (χ4v) is 2.00. The lowest BCUT2D eigenvalue weighted by Crippen LogP contribution is -2.19. The van der Waals surface area contributed by atoms with E-state index in [0.717, 1.165) is 0 Å². The fraction of sp³-hybridized carbons (Fsp3) is 0.417. The lowest BCUT2D eigenvalue weighted by Gasteiger charge is -2.13. The highest BCUT2D eigenvalue weighted by Gasteiger charge is 2.20. The highest BCUT2D eigenvalue weighted by atomic mass is 35.5. The van der Waals surface area contributed by atoms with Crippen molar-refractivity contribution in [3.05, 3.63) is 27.2 Å². The van der Waals surface area contributed by atoms with Gasteiger partial charge in [-0.25, -0.2) is 0 Å². The van der Waals surface area contributed by atoms with Gasteiger partial charge in [0.2, 0.25) is 0 Å². The number of hydrogen-bond donors (Lipinski definition) is 0. The molecule has 2 nitrogen and oxygen atoms in total. The first-order valence-electron chi connectivity index (χ1n) is 5.36. The first-order valence-corrected chi connectivity index (χ1v) is 6.49. The zero-order chi connectivity index (χ0) is 13.0. The summed E-state index contributed by atoms with van der Waals surface area (Å²) in [7, 11) is 0. The van der Waals surface area contributed by atoms with Crippen molar-refractivity contribution in [2.24, 2.45) is 5.92 Å². The number of rotatable bonds is 4. The number of ether oxygens (including phenoxy) is 1. The van der Waals surface area contributed by atoms with Crippen LogP contribution in [0.4, 0.5) is 0 Å². The third-order valence-corrected chi connectivity index (χ3v) is 3.61. The number of carbonyl (C=O) groups excluding carboxylic acids is 1. The van der Waals surface area contributed by atoms with E-state index in [2.05, 4.69) is 0 Å². The molecule has 5 heteroatoms. The lowest BCUT2D eigenvalue weighted by atomic mass is 10.0. The molecule has 0 aliphatic heterocycles. The van der Waals surface area contributed by atoms with Gasteiger partial charge in [0.1, 0.15) is 5.02 Å². The molecule has 1 aromatic rings. The minimum Gasteiger partial charge on any atom is -0.423 e. The van der Waals surface area contributed by atoms with Gasteiger partial charge < -0.3 is 4.74 Å². The molecule has 0 atom stereocenters. The SMILES string of the molecule is CCC(CC)C(=O)Oc1c(Cl)ccc(Cl)c1Cl. The molecule has 0 aliphatic rings. The van der Waals surface area contributed by atoms with E-state index in [9.17, 15) is 4.79 Å². The Hall–Kier alpha value is -0.440. The molecule has 0 fully saturated rings. The van der Waals surface area contributed by atoms with Gasteiger partial charge in [-0.3, -0.25) is 4.79 Å². The maximum atomic E-state index is 11.8. The van der Waals surface area contributed by atoms with Crippen LogP contribution in [0.3, 0.4) is 0 Å². The minimum absolute atomic E-state index is 0.137. The van der Waals surface area contributed by atoms with Gasteiger partial charge >= 0.3 is 5.97 Å². The molecule has 0 N–H and O–H groups in total. The van der Waals surface area contributed by atoms with Crippen LogP contribution in [-0.2, 0) is 4.79 Å². The van der Waals surface area contributed by atoms with Crippen molar-refractivity contribution >= 4 is 40.8 Å². The summed E-state index contributed by atoms with van der Waals surface area (Å²) in [6.07, 6.45) is 1.43. The first-order chi connectivity index (χ1) is 8.01. The summed E-state index contributed by atoms with van der Waals surface area (Å²) < 4.78 is 5.21. The Morgan fingerprint density at radius 3 is 2.24 bits per heavy atom. The molecule has 94 valence electrons. The van der Waals surface area contributed by atoms with E-state index < -0.39 is 0 Å². The smallest absolute Gasteiger partial charge is 0.314 e. The van der Waals surface area contributed by atoms with E-state index in [1.807, 2.05) is 13.8 Å². The maximum Gasteiger partial charge on any atom is 0.314 e. The summed E-state index contributed by atoms with van der Waals surface area (Å²) in [5.41, 5.74) is 0. The quantitative estimate of drug-likeness (QED) is 0.444. The van der Waals surface area contributed by atoms with E-state index in [-0.39, 0.29) is 27.7 Å². The summed E-state index contributed by atoms with van der Waals surface area (Å²) >= 11 is 17.7. The van der Waals surface area contributed by atoms with Crippen LogP contribution in [-0.4, -0.2) is 5.97 Å². The van der Waals surface area contributed by atoms with Gasteiger partial charge in [-0.15, -0.1) is 0 Å². The monoisotopic (exact) mass is 294 g/mol. The zero-order valence-electron chi connectivity index (χ0n) is 9.60. The van der Waals surface area contributed by atoms with Crippen molar-refractivity contribution < 1.29 is 9.53 Å². The van der Waals surface area contributed by atoms with Crippen LogP contribution in [0.5, 0.6) is 5.75 Å². The van der Waals surface area contributed by atoms with E-state index >= 15 is 0 Å². The minimum atomic E-state index is -0.332. The second-order valence-corrected chi connectivity index (χ2v) is 4.80. The molecule has 0 saturated carbocycles. The van der Waals surface area contributed by atoms with Crippen molar-refractivity contribution in [3.63, 3.8) is 0 Å². The predicted molar refractivity (Wildman–Crippen MR) is 71.2 cm³/mol. The number of halogens is 3. The van der Waals surface area contributed by atoms with Crippen molar-refractivity contribution in [1.29, 1.82) is 0 Å². The van der Waals surface area contributed by atoms with Crippen LogP contribution in [0.15, 0.2) is 12.1 Å². The standard InChI is InChI=1S/C12H13Cl3O2/c1-3-7(4-2)12(16)17-11-9(14)6-5-8(13)10(11)15/h5-7H,3-4H2,1-2H3. The topological polar surface area (TPSA) is 26.3 Å². The van der Waals surface area contributed by atoms with Crippen LogP contribution in [0.2, 0.25) is 15.1 Å². The number of hydrogen-bond acceptors (Lipinski definition) is 2. The van der Waals surface area contributed by atoms with Crippen LogP contribution >= 0.6 is 34.8 Å². The number of benzene rings is 1. The van der Waals surface area contributed by atoms with Gasteiger partial charge in [0.25, 0.3) is 0 Å². The predicted octanol–water partition coefficient (Wildman–Crippen LogP) is 4.99. The highest BCUT2D eigenvalue weighted by molar-refractivity contribution is 6.44. The van der Waals surface area contributed by atoms with Crippen molar-refractivity contribution in [2.75, 3.05) is 0 Å². The molecular weight excluding hydrogens is 282 g/mol. The third kappa shape index (κ3) is 3.51. The van der Waals surface area contributed by atoms with Crippen LogP contribution in [0.1, 0.15) is 26.7 Å². The Labute approximate surface area is 116 Å². The molecule has 0 radical (unpaired) electrons. The average Bonchev–Trinajstić information content (AvgIpc) is 2.31. The molecule has 0 bridgehead atoms. The maximum absolute atomic E-state index is 11.8. The van der Waals surface area contributed by atoms with E-state index in [0.29, 0.717) is 17.9 Å². The second kappa shape index (κ2) is 6.48. The van der Waals surface area contributed by atoms with Crippen LogP contribution in [0, 0.1) is 5.92 Å². The van der Waals surface area contributed by atoms with Gasteiger partial charge in [0.05, 0.1) is 16.0 Å². The number of carbonyl (C=O) groups is 1. The molecule has 1 aromatic carbocycles. The first kappa shape index (κ1) is 14.6. The Balaban J connectivity index is 2.95. The van der Waals surface area contributed by atoms with E-state index in [1.165, 1.54) is 0 Å². The number of esters is 1. The molecule has 0 heterocycles. The van der Waals surface area contributed by atoms with Gasteiger partial charge in [-0.1, -0.05) is 48.7 Å².